The number of halogens is 4. The maximum absolute atomic E-state index is 13.0. The molecule has 0 unspecified atom stereocenters. The van der Waals surface area contributed by atoms with Gasteiger partial charge in [0.1, 0.15) is 29.5 Å². The number of fused-ring (bicyclic) bond motifs is 2. The number of hydrogen-bond donors (Lipinski definition) is 3. The Morgan fingerprint density at radius 3 is 1.53 bits per heavy atom. The van der Waals surface area contributed by atoms with Gasteiger partial charge in [-0.3, -0.25) is 4.79 Å². The van der Waals surface area contributed by atoms with Crippen LogP contribution in [-0.4, -0.2) is 157 Å². The number of rotatable bonds is 35. The van der Waals surface area contributed by atoms with Crippen molar-refractivity contribution in [1.82, 2.24) is 25.2 Å². The van der Waals surface area contributed by atoms with E-state index in [4.69, 9.17) is 74.8 Å². The van der Waals surface area contributed by atoms with E-state index in [-0.39, 0.29) is 84.6 Å². The molecule has 0 spiro atoms. The fraction of sp³-hybridized carbons (Fsp3) is 0.527. The van der Waals surface area contributed by atoms with Crippen molar-refractivity contribution in [2.45, 2.75) is 91.9 Å². The Bertz CT molecular complexity index is 2610. The van der Waals surface area contributed by atoms with Crippen LogP contribution in [0.25, 0.3) is 0 Å². The van der Waals surface area contributed by atoms with Gasteiger partial charge >= 0.3 is 6.03 Å². The van der Waals surface area contributed by atoms with Crippen molar-refractivity contribution < 1.29 is 54.8 Å². The number of urea groups is 1. The Morgan fingerprint density at radius 2 is 1.00 bits per heavy atom. The van der Waals surface area contributed by atoms with Gasteiger partial charge in [0.2, 0.25) is 10.0 Å². The highest BCUT2D eigenvalue weighted by molar-refractivity contribution is 7.91. The van der Waals surface area contributed by atoms with Crippen molar-refractivity contribution in [3.05, 3.63) is 115 Å². The van der Waals surface area contributed by atoms with Crippen LogP contribution in [0.2, 0.25) is 20.1 Å². The second kappa shape index (κ2) is 31.4. The topological polar surface area (TPSA) is 200 Å². The first kappa shape index (κ1) is 63.4. The molecule has 6 rings (SSSR count). The fourth-order valence-electron chi connectivity index (χ4n) is 9.20. The molecular weight excluding hydrogens is 1130 g/mol. The third kappa shape index (κ3) is 19.4. The number of Topliss-reactive ketones (excluding diaryl/α,β-unsaturated/α-hetero) is 1. The van der Waals surface area contributed by atoms with E-state index in [0.29, 0.717) is 110 Å². The normalized spacial score (nSPS) is 17.1. The molecule has 78 heavy (non-hydrogen) atoms. The first-order valence-corrected chi connectivity index (χ1v) is 30.9. The van der Waals surface area contributed by atoms with Gasteiger partial charge in [0.15, 0.2) is 9.84 Å². The summed E-state index contributed by atoms with van der Waals surface area (Å²) in [5.41, 5.74) is 3.84. The summed E-state index contributed by atoms with van der Waals surface area (Å²) >= 11 is 25.6. The second-order valence-electron chi connectivity index (χ2n) is 19.6. The largest absolute Gasteiger partial charge is 0.484 e. The Balaban J connectivity index is 0.694. The molecule has 3 N–H and O–H groups in total. The summed E-state index contributed by atoms with van der Waals surface area (Å²) in [6.07, 6.45) is 4.85. The molecule has 430 valence electrons. The number of ketones is 1. The third-order valence-corrected chi connectivity index (χ3v) is 17.8. The number of carbonyl (C=O) groups is 2. The van der Waals surface area contributed by atoms with Crippen LogP contribution in [0.3, 0.4) is 0 Å². The van der Waals surface area contributed by atoms with Crippen LogP contribution in [0.1, 0.15) is 79.4 Å². The average Bonchev–Trinajstić information content (AvgIpc) is 4.13. The summed E-state index contributed by atoms with van der Waals surface area (Å²) in [5, 5.41) is 7.81. The SMILES string of the molecule is CN(C)[C@H]1Cc2c(Cl)cc(Cl)cc2[C@@H]1Oc1ccc(S(=O)(=O)CCCOCCOCCNC(=O)NCCCCCC(=O)CCCOCCOCCNS(=O)(=O)c2ccc(O[C@H]3c4cc(Cl)cc(Cl)c4C[C@@H]3N(C)C)cc2)cc1. The second-order valence-corrected chi connectivity index (χ2v) is 25.1. The minimum Gasteiger partial charge on any atom is -0.484 e. The van der Waals surface area contributed by atoms with Gasteiger partial charge in [0.25, 0.3) is 0 Å². The van der Waals surface area contributed by atoms with E-state index in [0.717, 1.165) is 41.5 Å². The molecule has 0 saturated heterocycles. The van der Waals surface area contributed by atoms with Crippen molar-refractivity contribution in [3.63, 3.8) is 0 Å². The van der Waals surface area contributed by atoms with Gasteiger partial charge in [-0.05, 0) is 151 Å². The molecule has 0 fully saturated rings. The van der Waals surface area contributed by atoms with E-state index < -0.39 is 19.9 Å². The number of likely N-dealkylation sites (N-methyl/N-ethyl adjacent to an activating group) is 2. The van der Waals surface area contributed by atoms with Crippen molar-refractivity contribution >= 4 is 78.1 Å². The van der Waals surface area contributed by atoms with Crippen molar-refractivity contribution in [3.8, 4) is 11.5 Å². The maximum atomic E-state index is 13.0. The summed E-state index contributed by atoms with van der Waals surface area (Å²) < 4.78 is 89.3. The molecule has 4 atom stereocenters. The molecule has 4 aromatic carbocycles. The summed E-state index contributed by atoms with van der Waals surface area (Å²) in [4.78, 5) is 28.9. The third-order valence-electron chi connectivity index (χ3n) is 13.4. The highest BCUT2D eigenvalue weighted by atomic mass is 35.5. The van der Waals surface area contributed by atoms with E-state index in [2.05, 4.69) is 25.2 Å². The first-order chi connectivity index (χ1) is 37.3. The lowest BCUT2D eigenvalue weighted by Gasteiger charge is -2.27. The van der Waals surface area contributed by atoms with Crippen molar-refractivity contribution in [2.75, 3.05) is 106 Å². The smallest absolute Gasteiger partial charge is 0.314 e. The minimum absolute atomic E-state index is 0.0243. The zero-order chi connectivity index (χ0) is 56.2. The predicted molar refractivity (Wildman–Crippen MR) is 304 cm³/mol. The molecule has 4 aromatic rings. The Kier molecular flexibility index (Phi) is 25.5. The van der Waals surface area contributed by atoms with Crippen LogP contribution in [-0.2, 0) is 56.4 Å². The highest BCUT2D eigenvalue weighted by Gasteiger charge is 2.39. The van der Waals surface area contributed by atoms with Crippen molar-refractivity contribution in [2.24, 2.45) is 0 Å². The molecular formula is C55H73Cl4N5O12S2. The summed E-state index contributed by atoms with van der Waals surface area (Å²) in [7, 11) is 0.607. The maximum Gasteiger partial charge on any atom is 0.314 e. The molecule has 2 aliphatic carbocycles. The van der Waals surface area contributed by atoms with Crippen LogP contribution >= 0.6 is 46.4 Å². The van der Waals surface area contributed by atoms with Crippen LogP contribution in [0, 0.1) is 0 Å². The number of amides is 2. The number of sulfonamides is 1. The average molecular weight is 1200 g/mol. The molecule has 17 nitrogen and oxygen atoms in total. The number of benzene rings is 4. The monoisotopic (exact) mass is 1200 g/mol. The van der Waals surface area contributed by atoms with Gasteiger partial charge in [-0.2, -0.15) is 0 Å². The Morgan fingerprint density at radius 1 is 0.538 bits per heavy atom. The van der Waals surface area contributed by atoms with Gasteiger partial charge < -0.3 is 48.9 Å². The van der Waals surface area contributed by atoms with E-state index in [1.54, 1.807) is 48.5 Å². The number of hydrogen-bond acceptors (Lipinski definition) is 14. The van der Waals surface area contributed by atoms with Gasteiger partial charge in [0, 0.05) is 76.9 Å². The summed E-state index contributed by atoms with van der Waals surface area (Å²) in [6, 6.07) is 19.7. The minimum atomic E-state index is -3.77. The van der Waals surface area contributed by atoms with Gasteiger partial charge in [-0.1, -0.05) is 52.8 Å². The summed E-state index contributed by atoms with van der Waals surface area (Å²) in [6.45, 7) is 3.20. The molecule has 0 saturated carbocycles. The Hall–Kier alpha value is -3.80. The van der Waals surface area contributed by atoms with Gasteiger partial charge in [-0.15, -0.1) is 0 Å². The van der Waals surface area contributed by atoms with E-state index in [1.807, 2.05) is 40.3 Å². The quantitative estimate of drug-likeness (QED) is 0.0369. The molecule has 0 aliphatic heterocycles. The van der Waals surface area contributed by atoms with Gasteiger partial charge in [0.05, 0.1) is 67.3 Å². The molecule has 2 aliphatic rings. The number of carbonyl (C=O) groups excluding carboxylic acids is 2. The fourth-order valence-corrected chi connectivity index (χ4v) is 12.7. The lowest BCUT2D eigenvalue weighted by atomic mass is 10.1. The molecule has 0 bridgehead atoms. The number of nitrogens with one attached hydrogen (secondary N) is 3. The van der Waals surface area contributed by atoms with Crippen LogP contribution in [0.4, 0.5) is 4.79 Å². The van der Waals surface area contributed by atoms with Crippen LogP contribution in [0.15, 0.2) is 82.6 Å². The van der Waals surface area contributed by atoms with E-state index >= 15 is 0 Å². The molecule has 2 amide bonds. The highest BCUT2D eigenvalue weighted by Crippen LogP contribution is 2.44. The lowest BCUT2D eigenvalue weighted by Crippen LogP contribution is -2.37. The lowest BCUT2D eigenvalue weighted by molar-refractivity contribution is -0.119. The zero-order valence-electron chi connectivity index (χ0n) is 44.7. The number of sulfone groups is 1. The molecule has 0 aromatic heterocycles. The predicted octanol–water partition coefficient (Wildman–Crippen LogP) is 8.93. The molecule has 23 heteroatoms. The van der Waals surface area contributed by atoms with Gasteiger partial charge in [-0.25, -0.2) is 26.4 Å². The van der Waals surface area contributed by atoms with Crippen LogP contribution < -0.4 is 24.8 Å². The molecule has 0 heterocycles. The molecule has 0 radical (unpaired) electrons. The zero-order valence-corrected chi connectivity index (χ0v) is 49.4. The number of unbranched alkanes of at least 4 members (excludes halogenated alkanes) is 2. The summed E-state index contributed by atoms with van der Waals surface area (Å²) in [5.74, 6) is 1.16. The number of nitrogens with zero attached hydrogens (tertiary/aromatic N) is 2. The van der Waals surface area contributed by atoms with E-state index in [1.165, 1.54) is 12.1 Å². The first-order valence-electron chi connectivity index (χ1n) is 26.2. The van der Waals surface area contributed by atoms with Crippen molar-refractivity contribution in [1.29, 1.82) is 0 Å². The standard InChI is InChI=1S/C55H73Cl4N5O12S2/c1-63(2)51-36-45-47(32-38(56)34-49(45)58)53(51)75-41-12-16-43(17-13-41)77(67,68)31-9-24-72-28-29-73-25-21-61-55(66)60-20-7-5-6-10-40(65)11-8-23-71-27-30-74-26-22-62-78(69,70)44-18-14-42(15-19-44)76-54-48-33-39(57)35-50(59)46(48)37-52(54)64(3)4/h12-19,32-35,51-54,62H,5-11,20-31,36-37H2,1-4H3,(H2,60,61,66)/t51-,52-,53-,54-/m0/s1. The Labute approximate surface area is 480 Å². The van der Waals surface area contributed by atoms with E-state index in [9.17, 15) is 26.4 Å². The number of ether oxygens (including phenoxy) is 6. The van der Waals surface area contributed by atoms with Crippen LogP contribution in [0.5, 0.6) is 11.5 Å².